The number of hydrogen-bond donors (Lipinski definition) is 1. The Labute approximate surface area is 245 Å². The maximum absolute atomic E-state index is 13.0. The number of hydrogen-bond acceptors (Lipinski definition) is 5. The van der Waals surface area contributed by atoms with Gasteiger partial charge in [-0.05, 0) is 140 Å². The first-order valence-electron chi connectivity index (χ1n) is 17.1. The van der Waals surface area contributed by atoms with Gasteiger partial charge in [0.15, 0.2) is 0 Å². The van der Waals surface area contributed by atoms with Gasteiger partial charge in [-0.15, -0.1) is 0 Å². The van der Waals surface area contributed by atoms with Crippen LogP contribution < -0.4 is 0 Å². The molecule has 4 rings (SSSR count). The van der Waals surface area contributed by atoms with Crippen LogP contribution in [0.1, 0.15) is 130 Å². The first kappa shape index (κ1) is 32.0. The van der Waals surface area contributed by atoms with Crippen molar-refractivity contribution in [2.24, 2.45) is 46.8 Å². The summed E-state index contributed by atoms with van der Waals surface area (Å²) in [5.41, 5.74) is -0.935. The molecule has 0 atom stereocenters. The average Bonchev–Trinajstić information content (AvgIpc) is 2.97. The predicted octanol–water partition coefficient (Wildman–Crippen LogP) is 7.44. The summed E-state index contributed by atoms with van der Waals surface area (Å²) in [6.45, 7) is 11.9. The number of esters is 1. The molecule has 1 aliphatic heterocycles. The van der Waals surface area contributed by atoms with Crippen LogP contribution in [0.3, 0.4) is 0 Å². The van der Waals surface area contributed by atoms with Crippen LogP contribution in [0.4, 0.5) is 0 Å². The van der Waals surface area contributed by atoms with Gasteiger partial charge in [0.1, 0.15) is 5.78 Å². The molecule has 0 bridgehead atoms. The third-order valence-corrected chi connectivity index (χ3v) is 12.4. The Bertz CT molecular complexity index is 785. The summed E-state index contributed by atoms with van der Waals surface area (Å²) in [6.07, 6.45) is 17.6. The highest BCUT2D eigenvalue weighted by Gasteiger charge is 2.50. The molecule has 0 amide bonds. The van der Waals surface area contributed by atoms with Crippen LogP contribution in [0, 0.1) is 46.8 Å². The van der Waals surface area contributed by atoms with Crippen LogP contribution >= 0.6 is 0 Å². The van der Waals surface area contributed by atoms with Gasteiger partial charge in [-0.1, -0.05) is 39.5 Å². The first-order valence-corrected chi connectivity index (χ1v) is 17.1. The minimum Gasteiger partial charge on any atom is -0.469 e. The number of rotatable bonds is 10. The third kappa shape index (κ3) is 7.33. The van der Waals surface area contributed by atoms with Crippen molar-refractivity contribution in [1.82, 2.24) is 4.90 Å². The van der Waals surface area contributed by atoms with Gasteiger partial charge in [-0.3, -0.25) is 9.59 Å². The molecule has 3 aliphatic carbocycles. The standard InChI is InChI=1S/C35H61NO4/c1-25-8-14-29(15-9-25)35(39,30-16-10-26(2)11-17-30)31-20-23-36(24-21-31)22-6-7-32(37)27-12-18-28(19-13-27)34(3,4)33(38)40-5/h25-31,39H,6-24H2,1-5H3. The molecule has 0 aromatic rings. The van der Waals surface area contributed by atoms with Crippen LogP contribution in [0.2, 0.25) is 0 Å². The van der Waals surface area contributed by atoms with Gasteiger partial charge in [-0.2, -0.15) is 0 Å². The van der Waals surface area contributed by atoms with E-state index in [1.54, 1.807) is 0 Å². The SMILES string of the molecule is COC(=O)C(C)(C)C1CCC(C(=O)CCCN2CCC(C(O)(C3CCC(C)CC3)C3CCC(C)CC3)CC2)CC1. The van der Waals surface area contributed by atoms with Gasteiger partial charge in [-0.25, -0.2) is 0 Å². The quantitative estimate of drug-likeness (QED) is 0.282. The van der Waals surface area contributed by atoms with E-state index in [2.05, 4.69) is 18.7 Å². The molecule has 230 valence electrons. The molecule has 0 unspecified atom stereocenters. The molecule has 3 saturated carbocycles. The normalized spacial score (nSPS) is 34.6. The van der Waals surface area contributed by atoms with E-state index in [0.29, 0.717) is 35.9 Å². The lowest BCUT2D eigenvalue weighted by atomic mass is 9.58. The van der Waals surface area contributed by atoms with Crippen LogP contribution in [-0.2, 0) is 14.3 Å². The number of likely N-dealkylation sites (tertiary alicyclic amines) is 1. The van der Waals surface area contributed by atoms with E-state index in [4.69, 9.17) is 4.74 Å². The summed E-state index contributed by atoms with van der Waals surface area (Å²) >= 11 is 0. The molecule has 0 aromatic heterocycles. The highest BCUT2D eigenvalue weighted by Crippen LogP contribution is 2.50. The van der Waals surface area contributed by atoms with Gasteiger partial charge in [0.25, 0.3) is 0 Å². The maximum Gasteiger partial charge on any atom is 0.311 e. The van der Waals surface area contributed by atoms with Gasteiger partial charge in [0, 0.05) is 12.3 Å². The minimum absolute atomic E-state index is 0.133. The van der Waals surface area contributed by atoms with E-state index in [0.717, 1.165) is 76.4 Å². The summed E-state index contributed by atoms with van der Waals surface area (Å²) in [5, 5.41) is 12.6. The number of aliphatic hydroxyl groups is 1. The molecule has 4 fully saturated rings. The van der Waals surface area contributed by atoms with E-state index >= 15 is 0 Å². The van der Waals surface area contributed by atoms with Crippen molar-refractivity contribution in [3.05, 3.63) is 0 Å². The Balaban J connectivity index is 1.22. The average molecular weight is 560 g/mol. The highest BCUT2D eigenvalue weighted by molar-refractivity contribution is 5.81. The Morgan fingerprint density at radius 1 is 0.725 bits per heavy atom. The fourth-order valence-electron chi connectivity index (χ4n) is 9.31. The molecule has 4 aliphatic rings. The number of methoxy groups -OCH3 is 1. The number of carbonyl (C=O) groups is 2. The summed E-state index contributed by atoms with van der Waals surface area (Å²) in [5.74, 6) is 3.82. The van der Waals surface area contributed by atoms with Crippen LogP contribution in [0.25, 0.3) is 0 Å². The van der Waals surface area contributed by atoms with Crippen molar-refractivity contribution in [3.63, 3.8) is 0 Å². The number of piperidine rings is 1. The molecule has 5 heteroatoms. The second-order valence-electron chi connectivity index (χ2n) is 15.2. The molecule has 0 radical (unpaired) electrons. The van der Waals surface area contributed by atoms with E-state index in [1.165, 1.54) is 58.5 Å². The van der Waals surface area contributed by atoms with Gasteiger partial charge in [0.2, 0.25) is 0 Å². The zero-order valence-electron chi connectivity index (χ0n) is 26.6. The molecule has 5 nitrogen and oxygen atoms in total. The second kappa shape index (κ2) is 14.0. The lowest BCUT2D eigenvalue weighted by molar-refractivity contribution is -0.155. The molecular formula is C35H61NO4. The Hall–Kier alpha value is -0.940. The molecule has 1 heterocycles. The summed E-state index contributed by atoms with van der Waals surface area (Å²) < 4.78 is 5.02. The van der Waals surface area contributed by atoms with Crippen molar-refractivity contribution < 1.29 is 19.4 Å². The number of carbonyl (C=O) groups excluding carboxylic acids is 2. The van der Waals surface area contributed by atoms with E-state index in [-0.39, 0.29) is 11.9 Å². The molecule has 0 spiro atoms. The molecular weight excluding hydrogens is 498 g/mol. The smallest absolute Gasteiger partial charge is 0.311 e. The maximum atomic E-state index is 13.0. The lowest BCUT2D eigenvalue weighted by Gasteiger charge is -2.53. The van der Waals surface area contributed by atoms with Crippen LogP contribution in [0.5, 0.6) is 0 Å². The largest absolute Gasteiger partial charge is 0.469 e. The Kier molecular flexibility index (Phi) is 11.2. The molecule has 40 heavy (non-hydrogen) atoms. The second-order valence-corrected chi connectivity index (χ2v) is 15.2. The molecule has 1 saturated heterocycles. The fourth-order valence-corrected chi connectivity index (χ4v) is 9.31. The van der Waals surface area contributed by atoms with Crippen molar-refractivity contribution in [2.75, 3.05) is 26.7 Å². The highest BCUT2D eigenvalue weighted by atomic mass is 16.5. The summed E-state index contributed by atoms with van der Waals surface area (Å²) in [6, 6.07) is 0. The zero-order chi connectivity index (χ0) is 28.9. The van der Waals surface area contributed by atoms with E-state index in [9.17, 15) is 14.7 Å². The Morgan fingerprint density at radius 2 is 1.18 bits per heavy atom. The number of ether oxygens (including phenoxy) is 1. The van der Waals surface area contributed by atoms with Gasteiger partial charge >= 0.3 is 5.97 Å². The Morgan fingerprint density at radius 3 is 1.65 bits per heavy atom. The number of Topliss-reactive ketones (excluding diaryl/α,β-unsaturated/α-hetero) is 1. The monoisotopic (exact) mass is 559 g/mol. The van der Waals surface area contributed by atoms with E-state index in [1.807, 2.05) is 13.8 Å². The van der Waals surface area contributed by atoms with Crippen LogP contribution in [0.15, 0.2) is 0 Å². The topological polar surface area (TPSA) is 66.8 Å². The minimum atomic E-state index is -0.469. The molecule has 0 aromatic carbocycles. The lowest BCUT2D eigenvalue weighted by Crippen LogP contribution is -2.55. The van der Waals surface area contributed by atoms with Crippen LogP contribution in [-0.4, -0.2) is 54.1 Å². The van der Waals surface area contributed by atoms with Gasteiger partial charge in [0.05, 0.1) is 18.1 Å². The number of ketones is 1. The van der Waals surface area contributed by atoms with Crippen molar-refractivity contribution >= 4 is 11.8 Å². The van der Waals surface area contributed by atoms with Crippen molar-refractivity contribution in [1.29, 1.82) is 0 Å². The summed E-state index contributed by atoms with van der Waals surface area (Å²) in [7, 11) is 1.47. The molecule has 1 N–H and O–H groups in total. The van der Waals surface area contributed by atoms with Crippen molar-refractivity contribution in [2.45, 2.75) is 136 Å². The predicted molar refractivity (Wildman–Crippen MR) is 162 cm³/mol. The first-order chi connectivity index (χ1) is 19.0. The number of nitrogens with zero attached hydrogens (tertiary/aromatic N) is 1. The zero-order valence-corrected chi connectivity index (χ0v) is 26.6. The third-order valence-electron chi connectivity index (χ3n) is 12.4. The summed E-state index contributed by atoms with van der Waals surface area (Å²) in [4.78, 5) is 27.8. The fraction of sp³-hybridized carbons (Fsp3) is 0.943. The van der Waals surface area contributed by atoms with Crippen molar-refractivity contribution in [3.8, 4) is 0 Å². The van der Waals surface area contributed by atoms with E-state index < -0.39 is 11.0 Å². The van der Waals surface area contributed by atoms with Gasteiger partial charge < -0.3 is 14.7 Å².